The van der Waals surface area contributed by atoms with Crippen molar-refractivity contribution in [1.29, 1.82) is 0 Å². The fourth-order valence-electron chi connectivity index (χ4n) is 4.01. The SMILES string of the molecule is C=CCN1CCN(CC2=C(C(=O)OCC)[C@@H](c3ccc(OC)c(OC)c3)NC(=O)N2)CC1. The van der Waals surface area contributed by atoms with Gasteiger partial charge >= 0.3 is 12.0 Å². The second-order valence-corrected chi connectivity index (χ2v) is 7.62. The number of methoxy groups -OCH3 is 2. The zero-order chi connectivity index (χ0) is 23.1. The minimum atomic E-state index is -0.667. The van der Waals surface area contributed by atoms with Crippen LogP contribution in [-0.4, -0.2) is 81.9 Å². The fourth-order valence-corrected chi connectivity index (χ4v) is 4.01. The van der Waals surface area contributed by atoms with Crippen molar-refractivity contribution >= 4 is 12.0 Å². The van der Waals surface area contributed by atoms with E-state index < -0.39 is 12.0 Å². The summed E-state index contributed by atoms with van der Waals surface area (Å²) >= 11 is 0. The number of benzene rings is 1. The minimum Gasteiger partial charge on any atom is -0.493 e. The quantitative estimate of drug-likeness (QED) is 0.442. The molecule has 1 saturated heterocycles. The van der Waals surface area contributed by atoms with E-state index in [0.29, 0.717) is 34.9 Å². The molecule has 0 saturated carbocycles. The third-order valence-electron chi connectivity index (χ3n) is 5.62. The number of hydrogen-bond acceptors (Lipinski definition) is 7. The molecule has 0 radical (unpaired) electrons. The van der Waals surface area contributed by atoms with E-state index in [1.165, 1.54) is 0 Å². The molecule has 0 bridgehead atoms. The van der Waals surface area contributed by atoms with Crippen molar-refractivity contribution in [3.63, 3.8) is 0 Å². The summed E-state index contributed by atoms with van der Waals surface area (Å²) < 4.78 is 16.1. The van der Waals surface area contributed by atoms with Crippen LogP contribution in [0.1, 0.15) is 18.5 Å². The molecule has 174 valence electrons. The molecular formula is C23H32N4O5. The Balaban J connectivity index is 1.93. The fraction of sp³-hybridized carbons (Fsp3) is 0.478. The highest BCUT2D eigenvalue weighted by atomic mass is 16.5. The smallest absolute Gasteiger partial charge is 0.338 e. The van der Waals surface area contributed by atoms with Gasteiger partial charge in [0.2, 0.25) is 0 Å². The molecule has 0 spiro atoms. The van der Waals surface area contributed by atoms with E-state index in [2.05, 4.69) is 27.0 Å². The maximum atomic E-state index is 13.0. The van der Waals surface area contributed by atoms with Gasteiger partial charge in [0.25, 0.3) is 0 Å². The monoisotopic (exact) mass is 444 g/mol. The first-order chi connectivity index (χ1) is 15.5. The molecule has 0 unspecified atom stereocenters. The summed E-state index contributed by atoms with van der Waals surface area (Å²) in [5.41, 5.74) is 1.66. The average molecular weight is 445 g/mol. The van der Waals surface area contributed by atoms with Crippen LogP contribution < -0.4 is 20.1 Å². The first-order valence-electron chi connectivity index (χ1n) is 10.8. The molecule has 0 aliphatic carbocycles. The van der Waals surface area contributed by atoms with E-state index in [-0.39, 0.29) is 12.6 Å². The Morgan fingerprint density at radius 2 is 1.84 bits per heavy atom. The van der Waals surface area contributed by atoms with Crippen LogP contribution in [0.15, 0.2) is 42.1 Å². The highest BCUT2D eigenvalue weighted by molar-refractivity contribution is 5.95. The second-order valence-electron chi connectivity index (χ2n) is 7.62. The third-order valence-corrected chi connectivity index (χ3v) is 5.62. The van der Waals surface area contributed by atoms with Gasteiger partial charge < -0.3 is 24.8 Å². The van der Waals surface area contributed by atoms with Gasteiger partial charge in [-0.1, -0.05) is 12.1 Å². The molecule has 3 rings (SSSR count). The number of carbonyl (C=O) groups excluding carboxylic acids is 2. The van der Waals surface area contributed by atoms with Gasteiger partial charge in [0.15, 0.2) is 11.5 Å². The van der Waals surface area contributed by atoms with E-state index in [1.54, 1.807) is 33.3 Å². The first kappa shape index (κ1) is 23.6. The van der Waals surface area contributed by atoms with E-state index in [1.807, 2.05) is 12.1 Å². The highest BCUT2D eigenvalue weighted by Gasteiger charge is 2.35. The topological polar surface area (TPSA) is 92.4 Å². The minimum absolute atomic E-state index is 0.239. The molecule has 2 heterocycles. The Kier molecular flexibility index (Phi) is 8.13. The average Bonchev–Trinajstić information content (AvgIpc) is 2.79. The number of rotatable bonds is 9. The van der Waals surface area contributed by atoms with Gasteiger partial charge in [-0.25, -0.2) is 9.59 Å². The van der Waals surface area contributed by atoms with Crippen molar-refractivity contribution in [2.75, 3.05) is 60.1 Å². The third kappa shape index (κ3) is 5.41. The highest BCUT2D eigenvalue weighted by Crippen LogP contribution is 2.34. The lowest BCUT2D eigenvalue weighted by atomic mass is 9.94. The Hall–Kier alpha value is -3.04. The first-order valence-corrected chi connectivity index (χ1v) is 10.8. The largest absolute Gasteiger partial charge is 0.493 e. The molecule has 2 N–H and O–H groups in total. The number of nitrogens with one attached hydrogen (secondary N) is 2. The second kappa shape index (κ2) is 11.0. The number of hydrogen-bond donors (Lipinski definition) is 2. The lowest BCUT2D eigenvalue weighted by Gasteiger charge is -2.36. The molecular weight excluding hydrogens is 412 g/mol. The predicted molar refractivity (Wildman–Crippen MR) is 121 cm³/mol. The number of nitrogens with zero attached hydrogens (tertiary/aromatic N) is 2. The number of urea groups is 1. The van der Waals surface area contributed by atoms with Crippen LogP contribution in [-0.2, 0) is 9.53 Å². The summed E-state index contributed by atoms with van der Waals surface area (Å²) in [6.45, 7) is 10.6. The number of esters is 1. The van der Waals surface area contributed by atoms with Crippen LogP contribution in [0.2, 0.25) is 0 Å². The van der Waals surface area contributed by atoms with Crippen LogP contribution in [0.25, 0.3) is 0 Å². The summed E-state index contributed by atoms with van der Waals surface area (Å²) in [5, 5.41) is 5.70. The molecule has 9 heteroatoms. The lowest BCUT2D eigenvalue weighted by Crippen LogP contribution is -2.51. The summed E-state index contributed by atoms with van der Waals surface area (Å²) in [7, 11) is 3.10. The Morgan fingerprint density at radius 1 is 1.16 bits per heavy atom. The van der Waals surface area contributed by atoms with Gasteiger partial charge in [0.05, 0.1) is 32.4 Å². The maximum absolute atomic E-state index is 13.0. The van der Waals surface area contributed by atoms with Gasteiger partial charge in [-0.15, -0.1) is 6.58 Å². The van der Waals surface area contributed by atoms with Gasteiger partial charge in [0.1, 0.15) is 0 Å². The van der Waals surface area contributed by atoms with Crippen molar-refractivity contribution in [3.05, 3.63) is 47.7 Å². The molecule has 1 aromatic carbocycles. The van der Waals surface area contributed by atoms with E-state index in [0.717, 1.165) is 32.7 Å². The molecule has 1 fully saturated rings. The zero-order valence-corrected chi connectivity index (χ0v) is 19.0. The predicted octanol–water partition coefficient (Wildman–Crippen LogP) is 1.68. The van der Waals surface area contributed by atoms with E-state index in [4.69, 9.17) is 14.2 Å². The molecule has 32 heavy (non-hydrogen) atoms. The molecule has 0 aromatic heterocycles. The molecule has 9 nitrogen and oxygen atoms in total. The normalized spacial score (nSPS) is 19.7. The van der Waals surface area contributed by atoms with E-state index in [9.17, 15) is 9.59 Å². The van der Waals surface area contributed by atoms with Crippen LogP contribution in [0, 0.1) is 0 Å². The summed E-state index contributed by atoms with van der Waals surface area (Å²) in [6, 6.07) is 4.30. The standard InChI is InChI=1S/C23H32N4O5/c1-5-9-26-10-12-27(13-11-26)15-17-20(22(28)32-6-2)21(25-23(29)24-17)16-7-8-18(30-3)19(14-16)31-4/h5,7-8,14,21H,1,6,9-13,15H2,2-4H3,(H2,24,25,29)/t21-/m1/s1. The Labute approximate surface area is 189 Å². The van der Waals surface area contributed by atoms with Crippen LogP contribution in [0.5, 0.6) is 11.5 Å². The van der Waals surface area contributed by atoms with Crippen molar-refractivity contribution < 1.29 is 23.8 Å². The Morgan fingerprint density at radius 3 is 2.47 bits per heavy atom. The zero-order valence-electron chi connectivity index (χ0n) is 19.0. The molecule has 2 aliphatic rings. The number of piperazine rings is 1. The van der Waals surface area contributed by atoms with Crippen molar-refractivity contribution in [1.82, 2.24) is 20.4 Å². The van der Waals surface area contributed by atoms with Crippen LogP contribution >= 0.6 is 0 Å². The van der Waals surface area contributed by atoms with Gasteiger partial charge in [-0.2, -0.15) is 0 Å². The molecule has 2 aliphatic heterocycles. The van der Waals surface area contributed by atoms with Crippen molar-refractivity contribution in [2.24, 2.45) is 0 Å². The summed E-state index contributed by atoms with van der Waals surface area (Å²) in [4.78, 5) is 30.1. The van der Waals surface area contributed by atoms with Crippen molar-refractivity contribution in [2.45, 2.75) is 13.0 Å². The summed E-state index contributed by atoms with van der Waals surface area (Å²) in [5.74, 6) is 0.622. The van der Waals surface area contributed by atoms with Crippen LogP contribution in [0.4, 0.5) is 4.79 Å². The maximum Gasteiger partial charge on any atom is 0.338 e. The van der Waals surface area contributed by atoms with Gasteiger partial charge in [-0.3, -0.25) is 9.80 Å². The molecule has 1 aromatic rings. The van der Waals surface area contributed by atoms with Crippen LogP contribution in [0.3, 0.4) is 0 Å². The van der Waals surface area contributed by atoms with E-state index >= 15 is 0 Å². The Bertz CT molecular complexity index is 877. The number of carbonyl (C=O) groups is 2. The number of ether oxygens (including phenoxy) is 3. The molecule has 2 amide bonds. The van der Waals surface area contributed by atoms with Crippen molar-refractivity contribution in [3.8, 4) is 11.5 Å². The number of amides is 2. The van der Waals surface area contributed by atoms with Gasteiger partial charge in [-0.05, 0) is 24.6 Å². The lowest BCUT2D eigenvalue weighted by molar-refractivity contribution is -0.139. The molecule has 1 atom stereocenters. The summed E-state index contributed by atoms with van der Waals surface area (Å²) in [6.07, 6.45) is 1.90. The van der Waals surface area contributed by atoms with Gasteiger partial charge in [0, 0.05) is 45.0 Å².